The molecule has 1 aromatic rings. The first-order valence-electron chi connectivity index (χ1n) is 6.63. The lowest BCUT2D eigenvalue weighted by Crippen LogP contribution is -2.47. The number of carbonyl (C=O) groups excluding carboxylic acids is 1. The van der Waals surface area contributed by atoms with Gasteiger partial charge in [-0.1, -0.05) is 13.8 Å². The molecule has 5 nitrogen and oxygen atoms in total. The molecule has 2 heterocycles. The molecule has 1 aliphatic heterocycles. The van der Waals surface area contributed by atoms with Gasteiger partial charge < -0.3 is 10.2 Å². The Morgan fingerprint density at radius 3 is 2.89 bits per heavy atom. The molecule has 1 amide bonds. The predicted octanol–water partition coefficient (Wildman–Crippen LogP) is 1.78. The van der Waals surface area contributed by atoms with E-state index in [-0.39, 0.29) is 18.3 Å². The zero-order chi connectivity index (χ0) is 13.1. The highest BCUT2D eigenvalue weighted by molar-refractivity contribution is 5.92. The quantitative estimate of drug-likeness (QED) is 0.890. The van der Waals surface area contributed by atoms with Crippen LogP contribution in [0.15, 0.2) is 6.07 Å². The molecule has 1 aliphatic rings. The molecule has 6 heteroatoms. The summed E-state index contributed by atoms with van der Waals surface area (Å²) in [7, 11) is 1.95. The fourth-order valence-electron chi connectivity index (χ4n) is 2.30. The molecule has 0 saturated carbocycles. The van der Waals surface area contributed by atoms with E-state index in [9.17, 15) is 4.79 Å². The molecule has 1 unspecified atom stereocenters. The first kappa shape index (κ1) is 16.0. The number of hydrogen-bond donors (Lipinski definition) is 2. The number of hydrogen-bond acceptors (Lipinski definition) is 3. The third kappa shape index (κ3) is 3.70. The van der Waals surface area contributed by atoms with E-state index in [0.29, 0.717) is 17.7 Å². The summed E-state index contributed by atoms with van der Waals surface area (Å²) < 4.78 is 0. The van der Waals surface area contributed by atoms with Gasteiger partial charge in [-0.15, -0.1) is 12.4 Å². The van der Waals surface area contributed by atoms with Gasteiger partial charge in [-0.25, -0.2) is 0 Å². The fourth-order valence-corrected chi connectivity index (χ4v) is 2.30. The minimum absolute atomic E-state index is 0. The molecule has 0 aromatic carbocycles. The van der Waals surface area contributed by atoms with E-state index in [1.165, 1.54) is 0 Å². The number of carbonyl (C=O) groups is 1. The van der Waals surface area contributed by atoms with Gasteiger partial charge in [0.1, 0.15) is 5.69 Å². The number of likely N-dealkylation sites (tertiary alicyclic amines) is 1. The second-order valence-electron chi connectivity index (χ2n) is 5.24. The van der Waals surface area contributed by atoms with Crippen molar-refractivity contribution in [1.82, 2.24) is 20.4 Å². The van der Waals surface area contributed by atoms with Crippen LogP contribution in [0.3, 0.4) is 0 Å². The summed E-state index contributed by atoms with van der Waals surface area (Å²) in [6.45, 7) is 5.78. The van der Waals surface area contributed by atoms with E-state index in [1.54, 1.807) is 0 Å². The lowest BCUT2D eigenvalue weighted by Gasteiger charge is -2.32. The van der Waals surface area contributed by atoms with Crippen LogP contribution < -0.4 is 5.32 Å². The minimum atomic E-state index is 0. The van der Waals surface area contributed by atoms with E-state index < -0.39 is 0 Å². The molecule has 0 radical (unpaired) electrons. The monoisotopic (exact) mass is 286 g/mol. The largest absolute Gasteiger partial charge is 0.336 e. The Balaban J connectivity index is 0.00000180. The number of aromatic nitrogens is 2. The van der Waals surface area contributed by atoms with Crippen LogP contribution >= 0.6 is 12.4 Å². The molecule has 1 saturated heterocycles. The standard InChI is InChI=1S/C13H22N4O.ClH/c1-9(2)11-7-12(16-15-11)13(18)17-6-4-5-10(8-17)14-3;/h7,9-10,14H,4-6,8H2,1-3H3,(H,15,16);1H. The van der Waals surface area contributed by atoms with Gasteiger partial charge in [0.2, 0.25) is 0 Å². The number of aromatic amines is 1. The van der Waals surface area contributed by atoms with Crippen molar-refractivity contribution in [3.05, 3.63) is 17.5 Å². The predicted molar refractivity (Wildman–Crippen MR) is 77.9 cm³/mol. The van der Waals surface area contributed by atoms with Crippen molar-refractivity contribution in [3.63, 3.8) is 0 Å². The third-order valence-electron chi connectivity index (χ3n) is 3.56. The Kier molecular flexibility index (Phi) is 5.82. The second-order valence-corrected chi connectivity index (χ2v) is 5.24. The zero-order valence-corrected chi connectivity index (χ0v) is 12.6. The number of piperidine rings is 1. The average molecular weight is 287 g/mol. The average Bonchev–Trinajstić information content (AvgIpc) is 2.87. The topological polar surface area (TPSA) is 61.0 Å². The molecule has 0 aliphatic carbocycles. The van der Waals surface area contributed by atoms with E-state index in [0.717, 1.165) is 31.6 Å². The van der Waals surface area contributed by atoms with Crippen molar-refractivity contribution < 1.29 is 4.79 Å². The molecule has 2 rings (SSSR count). The van der Waals surface area contributed by atoms with Crippen LogP contribution in [0.5, 0.6) is 0 Å². The van der Waals surface area contributed by atoms with Crippen molar-refractivity contribution in [2.75, 3.05) is 20.1 Å². The molecule has 1 aromatic heterocycles. The highest BCUT2D eigenvalue weighted by Gasteiger charge is 2.25. The molecule has 0 spiro atoms. The van der Waals surface area contributed by atoms with Crippen molar-refractivity contribution in [2.45, 2.75) is 38.6 Å². The summed E-state index contributed by atoms with van der Waals surface area (Å²) in [5.41, 5.74) is 1.55. The van der Waals surface area contributed by atoms with Crippen LogP contribution in [-0.4, -0.2) is 47.2 Å². The van der Waals surface area contributed by atoms with Crippen molar-refractivity contribution in [1.29, 1.82) is 0 Å². The smallest absolute Gasteiger partial charge is 0.274 e. The Morgan fingerprint density at radius 1 is 1.58 bits per heavy atom. The number of nitrogens with one attached hydrogen (secondary N) is 2. The van der Waals surface area contributed by atoms with Gasteiger partial charge in [0.15, 0.2) is 0 Å². The van der Waals surface area contributed by atoms with E-state index in [4.69, 9.17) is 0 Å². The fraction of sp³-hybridized carbons (Fsp3) is 0.692. The Morgan fingerprint density at radius 2 is 2.32 bits per heavy atom. The Bertz CT molecular complexity index is 419. The van der Waals surface area contributed by atoms with Gasteiger partial charge in [0.05, 0.1) is 0 Å². The maximum absolute atomic E-state index is 12.3. The second kappa shape index (κ2) is 6.91. The molecule has 1 atom stereocenters. The molecule has 1 fully saturated rings. The first-order valence-corrected chi connectivity index (χ1v) is 6.63. The Labute approximate surface area is 120 Å². The molecule has 108 valence electrons. The van der Waals surface area contributed by atoms with Gasteiger partial charge in [0, 0.05) is 24.8 Å². The molecule has 0 bridgehead atoms. The van der Waals surface area contributed by atoms with Gasteiger partial charge in [-0.05, 0) is 31.9 Å². The number of rotatable bonds is 3. The van der Waals surface area contributed by atoms with Crippen LogP contribution in [0.2, 0.25) is 0 Å². The van der Waals surface area contributed by atoms with Gasteiger partial charge in [0.25, 0.3) is 5.91 Å². The SMILES string of the molecule is CNC1CCCN(C(=O)c2cc(C(C)C)[nH]n2)C1.Cl. The maximum atomic E-state index is 12.3. The molecule has 2 N–H and O–H groups in total. The summed E-state index contributed by atoms with van der Waals surface area (Å²) in [5, 5.41) is 10.3. The molecular formula is C13H23ClN4O. The van der Waals surface area contributed by atoms with Crippen molar-refractivity contribution in [3.8, 4) is 0 Å². The number of halogens is 1. The highest BCUT2D eigenvalue weighted by Crippen LogP contribution is 2.16. The van der Waals surface area contributed by atoms with Gasteiger partial charge >= 0.3 is 0 Å². The van der Waals surface area contributed by atoms with Gasteiger partial charge in [-0.2, -0.15) is 5.10 Å². The number of amides is 1. The molecular weight excluding hydrogens is 264 g/mol. The van der Waals surface area contributed by atoms with Crippen LogP contribution in [0.4, 0.5) is 0 Å². The van der Waals surface area contributed by atoms with Crippen LogP contribution in [0.25, 0.3) is 0 Å². The summed E-state index contributed by atoms with van der Waals surface area (Å²) in [4.78, 5) is 14.2. The first-order chi connectivity index (χ1) is 8.61. The number of nitrogens with zero attached hydrogens (tertiary/aromatic N) is 2. The van der Waals surface area contributed by atoms with Crippen LogP contribution in [0.1, 0.15) is 48.8 Å². The van der Waals surface area contributed by atoms with Crippen LogP contribution in [-0.2, 0) is 0 Å². The Hall–Kier alpha value is -1.07. The molecule has 19 heavy (non-hydrogen) atoms. The maximum Gasteiger partial charge on any atom is 0.274 e. The lowest BCUT2D eigenvalue weighted by atomic mass is 10.1. The number of likely N-dealkylation sites (N-methyl/N-ethyl adjacent to an activating group) is 1. The van der Waals surface area contributed by atoms with Crippen molar-refractivity contribution in [2.24, 2.45) is 0 Å². The normalized spacial score (nSPS) is 19.4. The summed E-state index contributed by atoms with van der Waals surface area (Å²) in [5.74, 6) is 0.406. The van der Waals surface area contributed by atoms with E-state index >= 15 is 0 Å². The summed E-state index contributed by atoms with van der Waals surface area (Å²) in [6, 6.07) is 2.28. The zero-order valence-electron chi connectivity index (χ0n) is 11.8. The highest BCUT2D eigenvalue weighted by atomic mass is 35.5. The van der Waals surface area contributed by atoms with E-state index in [2.05, 4.69) is 29.4 Å². The van der Waals surface area contributed by atoms with E-state index in [1.807, 2.05) is 18.0 Å². The van der Waals surface area contributed by atoms with Crippen LogP contribution in [0, 0.1) is 0 Å². The lowest BCUT2D eigenvalue weighted by molar-refractivity contribution is 0.0692. The van der Waals surface area contributed by atoms with Gasteiger partial charge in [-0.3, -0.25) is 9.89 Å². The third-order valence-corrected chi connectivity index (χ3v) is 3.56. The minimum Gasteiger partial charge on any atom is -0.336 e. The van der Waals surface area contributed by atoms with Crippen molar-refractivity contribution >= 4 is 18.3 Å². The summed E-state index contributed by atoms with van der Waals surface area (Å²) >= 11 is 0. The number of H-pyrrole nitrogens is 1. The summed E-state index contributed by atoms with van der Waals surface area (Å²) in [6.07, 6.45) is 2.19.